The number of hydrogen-bond donors (Lipinski definition) is 1. The minimum Gasteiger partial charge on any atom is -0.340 e. The third-order valence-electron chi connectivity index (χ3n) is 3.23. The van der Waals surface area contributed by atoms with Gasteiger partial charge in [0.05, 0.1) is 12.5 Å². The molecule has 0 aromatic carbocycles. The molecule has 0 radical (unpaired) electrons. The lowest BCUT2D eigenvalue weighted by atomic mass is 10.0. The zero-order valence-electron chi connectivity index (χ0n) is 10.1. The monoisotopic (exact) mass is 316 g/mol. The minimum absolute atomic E-state index is 0.142. The molecule has 1 aliphatic heterocycles. The Kier molecular flexibility index (Phi) is 4.22. The predicted molar refractivity (Wildman–Crippen MR) is 74.1 cm³/mol. The molecule has 1 aromatic rings. The van der Waals surface area contributed by atoms with Crippen LogP contribution in [0, 0.1) is 5.92 Å². The maximum absolute atomic E-state index is 12.2. The highest BCUT2D eigenvalue weighted by Crippen LogP contribution is 2.23. The topological polar surface area (TPSA) is 32.3 Å². The fourth-order valence-corrected chi connectivity index (χ4v) is 3.73. The van der Waals surface area contributed by atoms with Crippen molar-refractivity contribution in [2.24, 2.45) is 5.92 Å². The number of halogens is 1. The van der Waals surface area contributed by atoms with Crippen LogP contribution in [-0.4, -0.2) is 30.4 Å². The van der Waals surface area contributed by atoms with Gasteiger partial charge in [0.15, 0.2) is 0 Å². The molecule has 5 heteroatoms. The molecule has 3 nitrogen and oxygen atoms in total. The average Bonchev–Trinajstić information content (AvgIpc) is 2.86. The Labute approximate surface area is 114 Å². The highest BCUT2D eigenvalue weighted by atomic mass is 79.9. The summed E-state index contributed by atoms with van der Waals surface area (Å²) in [6.45, 7) is 3.75. The molecule has 0 bridgehead atoms. The van der Waals surface area contributed by atoms with E-state index >= 15 is 0 Å². The van der Waals surface area contributed by atoms with Gasteiger partial charge in [0.1, 0.15) is 0 Å². The molecule has 2 rings (SSSR count). The van der Waals surface area contributed by atoms with Crippen LogP contribution >= 0.6 is 27.3 Å². The summed E-state index contributed by atoms with van der Waals surface area (Å²) in [7, 11) is 1.89. The summed E-state index contributed by atoms with van der Waals surface area (Å²) in [5, 5.41) is 5.37. The standard InChI is InChI=1S/C12H17BrN2OS/c1-8-11(3-4-14-8)12(16)15(2)6-10-5-9(13)7-17-10/h5,7-8,11,14H,3-4,6H2,1-2H3. The molecule has 1 amide bonds. The summed E-state index contributed by atoms with van der Waals surface area (Å²) >= 11 is 5.11. The van der Waals surface area contributed by atoms with E-state index in [0.717, 1.165) is 17.4 Å². The number of rotatable bonds is 3. The van der Waals surface area contributed by atoms with E-state index in [2.05, 4.69) is 34.2 Å². The van der Waals surface area contributed by atoms with Crippen LogP contribution in [0.15, 0.2) is 15.9 Å². The van der Waals surface area contributed by atoms with Crippen LogP contribution in [0.25, 0.3) is 0 Å². The Morgan fingerprint density at radius 2 is 2.47 bits per heavy atom. The van der Waals surface area contributed by atoms with Crippen LogP contribution in [0.3, 0.4) is 0 Å². The van der Waals surface area contributed by atoms with Gasteiger partial charge in [0, 0.05) is 27.8 Å². The van der Waals surface area contributed by atoms with Gasteiger partial charge in [-0.05, 0) is 41.9 Å². The average molecular weight is 317 g/mol. The first-order valence-electron chi connectivity index (χ1n) is 5.79. The normalized spacial score (nSPS) is 23.9. The van der Waals surface area contributed by atoms with Gasteiger partial charge in [-0.1, -0.05) is 0 Å². The van der Waals surface area contributed by atoms with Gasteiger partial charge in [-0.15, -0.1) is 11.3 Å². The molecule has 1 fully saturated rings. The fourth-order valence-electron chi connectivity index (χ4n) is 2.23. The van der Waals surface area contributed by atoms with E-state index in [4.69, 9.17) is 0 Å². The van der Waals surface area contributed by atoms with E-state index < -0.39 is 0 Å². The number of carbonyl (C=O) groups is 1. The molecule has 1 aliphatic rings. The van der Waals surface area contributed by atoms with Gasteiger partial charge in [-0.25, -0.2) is 0 Å². The van der Waals surface area contributed by atoms with E-state index in [9.17, 15) is 4.79 Å². The Balaban J connectivity index is 1.95. The maximum atomic E-state index is 12.2. The lowest BCUT2D eigenvalue weighted by Crippen LogP contribution is -2.37. The number of nitrogens with one attached hydrogen (secondary N) is 1. The fraction of sp³-hybridized carbons (Fsp3) is 0.583. The maximum Gasteiger partial charge on any atom is 0.227 e. The van der Waals surface area contributed by atoms with E-state index in [0.29, 0.717) is 12.6 Å². The van der Waals surface area contributed by atoms with E-state index in [1.807, 2.05) is 17.3 Å². The van der Waals surface area contributed by atoms with Crippen molar-refractivity contribution in [3.05, 3.63) is 20.8 Å². The van der Waals surface area contributed by atoms with Gasteiger partial charge in [0.2, 0.25) is 5.91 Å². The third kappa shape index (κ3) is 3.09. The molecule has 2 heterocycles. The van der Waals surface area contributed by atoms with Crippen molar-refractivity contribution >= 4 is 33.2 Å². The molecule has 2 atom stereocenters. The van der Waals surface area contributed by atoms with Crippen molar-refractivity contribution in [2.45, 2.75) is 25.9 Å². The Morgan fingerprint density at radius 3 is 3.00 bits per heavy atom. The molecular formula is C12H17BrN2OS. The third-order valence-corrected chi connectivity index (χ3v) is 4.92. The number of hydrogen-bond acceptors (Lipinski definition) is 3. The molecule has 0 spiro atoms. The van der Waals surface area contributed by atoms with Crippen molar-refractivity contribution in [1.29, 1.82) is 0 Å². The van der Waals surface area contributed by atoms with Gasteiger partial charge >= 0.3 is 0 Å². The van der Waals surface area contributed by atoms with E-state index in [-0.39, 0.29) is 11.8 Å². The van der Waals surface area contributed by atoms with Crippen LogP contribution in [0.4, 0.5) is 0 Å². The Hall–Kier alpha value is -0.390. The summed E-state index contributed by atoms with van der Waals surface area (Å²) in [4.78, 5) is 15.3. The second-order valence-corrected chi connectivity index (χ2v) is 6.47. The summed E-state index contributed by atoms with van der Waals surface area (Å²) in [6, 6.07) is 2.38. The lowest BCUT2D eigenvalue weighted by molar-refractivity contribution is -0.134. The highest BCUT2D eigenvalue weighted by Gasteiger charge is 2.31. The Bertz CT molecular complexity index is 407. The van der Waals surface area contributed by atoms with Gasteiger partial charge in [-0.3, -0.25) is 4.79 Å². The van der Waals surface area contributed by atoms with Crippen molar-refractivity contribution in [2.75, 3.05) is 13.6 Å². The minimum atomic E-state index is 0.142. The van der Waals surface area contributed by atoms with Crippen molar-refractivity contribution in [1.82, 2.24) is 10.2 Å². The number of nitrogens with zero attached hydrogens (tertiary/aromatic N) is 1. The van der Waals surface area contributed by atoms with Gasteiger partial charge in [0.25, 0.3) is 0 Å². The van der Waals surface area contributed by atoms with Gasteiger partial charge in [-0.2, -0.15) is 0 Å². The first kappa shape index (κ1) is 13.1. The molecule has 1 saturated heterocycles. The van der Waals surface area contributed by atoms with Crippen molar-refractivity contribution in [3.63, 3.8) is 0 Å². The van der Waals surface area contributed by atoms with Crippen LogP contribution in [0.2, 0.25) is 0 Å². The van der Waals surface area contributed by atoms with Crippen molar-refractivity contribution < 1.29 is 4.79 Å². The predicted octanol–water partition coefficient (Wildman–Crippen LogP) is 2.47. The Morgan fingerprint density at radius 1 is 1.71 bits per heavy atom. The quantitative estimate of drug-likeness (QED) is 0.929. The molecular weight excluding hydrogens is 300 g/mol. The first-order chi connectivity index (χ1) is 8.08. The molecule has 94 valence electrons. The van der Waals surface area contributed by atoms with E-state index in [1.165, 1.54) is 4.88 Å². The van der Waals surface area contributed by atoms with Crippen LogP contribution < -0.4 is 5.32 Å². The summed E-state index contributed by atoms with van der Waals surface area (Å²) in [6.07, 6.45) is 0.957. The lowest BCUT2D eigenvalue weighted by Gasteiger charge is -2.22. The molecule has 2 unspecified atom stereocenters. The van der Waals surface area contributed by atoms with E-state index in [1.54, 1.807) is 11.3 Å². The zero-order chi connectivity index (χ0) is 12.4. The summed E-state index contributed by atoms with van der Waals surface area (Å²) in [5.41, 5.74) is 0. The number of thiophene rings is 1. The first-order valence-corrected chi connectivity index (χ1v) is 7.46. The SMILES string of the molecule is CC1NCCC1C(=O)N(C)Cc1cc(Br)cs1. The highest BCUT2D eigenvalue weighted by molar-refractivity contribution is 9.10. The molecule has 0 saturated carbocycles. The molecule has 0 aliphatic carbocycles. The van der Waals surface area contributed by atoms with Crippen LogP contribution in [-0.2, 0) is 11.3 Å². The summed E-state index contributed by atoms with van der Waals surface area (Å²) in [5.74, 6) is 0.399. The summed E-state index contributed by atoms with van der Waals surface area (Å²) < 4.78 is 1.09. The molecule has 1 N–H and O–H groups in total. The number of amides is 1. The van der Waals surface area contributed by atoms with Crippen LogP contribution in [0.1, 0.15) is 18.2 Å². The largest absolute Gasteiger partial charge is 0.340 e. The second-order valence-electron chi connectivity index (χ2n) is 4.56. The van der Waals surface area contributed by atoms with Gasteiger partial charge < -0.3 is 10.2 Å². The molecule has 1 aromatic heterocycles. The molecule has 17 heavy (non-hydrogen) atoms. The zero-order valence-corrected chi connectivity index (χ0v) is 12.5. The van der Waals surface area contributed by atoms with Crippen LogP contribution in [0.5, 0.6) is 0 Å². The smallest absolute Gasteiger partial charge is 0.227 e. The van der Waals surface area contributed by atoms with Crippen molar-refractivity contribution in [3.8, 4) is 0 Å². The second kappa shape index (κ2) is 5.50. The number of carbonyl (C=O) groups excluding carboxylic acids is 1.